The predicted octanol–water partition coefficient (Wildman–Crippen LogP) is 3.03. The molecule has 0 aromatic carbocycles. The zero-order valence-corrected chi connectivity index (χ0v) is 9.33. The largest absolute Gasteiger partial charge is 0.242 e. The molecule has 1 saturated carbocycles. The van der Waals surface area contributed by atoms with Crippen molar-refractivity contribution in [2.24, 2.45) is 5.92 Å². The second-order valence-corrected chi connectivity index (χ2v) is 4.65. The van der Waals surface area contributed by atoms with Crippen LogP contribution in [0.5, 0.6) is 0 Å². The second-order valence-electron chi connectivity index (χ2n) is 4.65. The van der Waals surface area contributed by atoms with Crippen LogP contribution >= 0.6 is 0 Å². The zero-order chi connectivity index (χ0) is 10.8. The van der Waals surface area contributed by atoms with Crippen molar-refractivity contribution < 1.29 is 0 Å². The third-order valence-corrected chi connectivity index (χ3v) is 2.92. The van der Waals surface area contributed by atoms with Gasteiger partial charge >= 0.3 is 0 Å². The third kappa shape index (κ3) is 2.36. The van der Waals surface area contributed by atoms with E-state index in [4.69, 9.17) is 5.26 Å². The first-order valence-electron chi connectivity index (χ1n) is 5.60. The molecule has 0 amide bonds. The fourth-order valence-electron chi connectivity index (χ4n) is 1.86. The number of pyridine rings is 1. The van der Waals surface area contributed by atoms with Crippen LogP contribution in [0.1, 0.15) is 49.6 Å². The first kappa shape index (κ1) is 10.2. The molecule has 2 nitrogen and oxygen atoms in total. The Morgan fingerprint density at radius 2 is 2.20 bits per heavy atom. The van der Waals surface area contributed by atoms with E-state index < -0.39 is 0 Å². The monoisotopic (exact) mass is 200 g/mol. The van der Waals surface area contributed by atoms with Gasteiger partial charge in [0, 0.05) is 5.69 Å². The topological polar surface area (TPSA) is 36.7 Å². The lowest BCUT2D eigenvalue weighted by molar-refractivity contribution is 0.755. The minimum atomic E-state index is 0.499. The van der Waals surface area contributed by atoms with Crippen molar-refractivity contribution in [1.82, 2.24) is 4.98 Å². The highest BCUT2D eigenvalue weighted by Crippen LogP contribution is 2.34. The van der Waals surface area contributed by atoms with Gasteiger partial charge in [-0.05, 0) is 42.7 Å². The van der Waals surface area contributed by atoms with Gasteiger partial charge in [-0.3, -0.25) is 0 Å². The number of aromatic nitrogens is 1. The number of hydrogen-bond acceptors (Lipinski definition) is 2. The summed E-state index contributed by atoms with van der Waals surface area (Å²) < 4.78 is 0. The molecule has 1 fully saturated rings. The minimum absolute atomic E-state index is 0.499. The summed E-state index contributed by atoms with van der Waals surface area (Å²) in [5, 5.41) is 8.83. The van der Waals surface area contributed by atoms with Crippen LogP contribution in [0.4, 0.5) is 0 Å². The molecule has 0 radical (unpaired) electrons. The van der Waals surface area contributed by atoms with E-state index in [0.717, 1.165) is 18.0 Å². The summed E-state index contributed by atoms with van der Waals surface area (Å²) in [6, 6.07) is 6.00. The van der Waals surface area contributed by atoms with Gasteiger partial charge in [0.05, 0.1) is 0 Å². The Bertz CT molecular complexity index is 397. The van der Waals surface area contributed by atoms with Gasteiger partial charge in [0.15, 0.2) is 0 Å². The highest BCUT2D eigenvalue weighted by Gasteiger charge is 2.24. The molecule has 0 unspecified atom stereocenters. The van der Waals surface area contributed by atoms with Crippen LogP contribution in [0, 0.1) is 17.2 Å². The third-order valence-electron chi connectivity index (χ3n) is 2.92. The zero-order valence-electron chi connectivity index (χ0n) is 9.33. The van der Waals surface area contributed by atoms with Crippen LogP contribution < -0.4 is 0 Å². The molecule has 0 bridgehead atoms. The molecular formula is C13H16N2. The maximum atomic E-state index is 8.83. The first-order chi connectivity index (χ1) is 7.20. The molecular weight excluding hydrogens is 184 g/mol. The van der Waals surface area contributed by atoms with Gasteiger partial charge in [-0.2, -0.15) is 5.26 Å². The highest BCUT2D eigenvalue weighted by atomic mass is 14.7. The van der Waals surface area contributed by atoms with Gasteiger partial charge in [0.25, 0.3) is 0 Å². The summed E-state index contributed by atoms with van der Waals surface area (Å²) >= 11 is 0. The van der Waals surface area contributed by atoms with E-state index in [0.29, 0.717) is 11.6 Å². The molecule has 1 aromatic rings. The quantitative estimate of drug-likeness (QED) is 0.752. The highest BCUT2D eigenvalue weighted by molar-refractivity contribution is 5.31. The van der Waals surface area contributed by atoms with Gasteiger partial charge in [0.2, 0.25) is 0 Å². The summed E-state index contributed by atoms with van der Waals surface area (Å²) in [6.45, 7) is 4.36. The van der Waals surface area contributed by atoms with Gasteiger partial charge in [-0.1, -0.05) is 19.9 Å². The molecule has 0 spiro atoms. The molecule has 2 heteroatoms. The molecule has 1 aliphatic carbocycles. The molecule has 2 rings (SSSR count). The van der Waals surface area contributed by atoms with Crippen LogP contribution in [0.15, 0.2) is 12.1 Å². The summed E-state index contributed by atoms with van der Waals surface area (Å²) in [6.07, 6.45) is 3.72. The van der Waals surface area contributed by atoms with Crippen molar-refractivity contribution in [2.75, 3.05) is 0 Å². The summed E-state index contributed by atoms with van der Waals surface area (Å²) in [4.78, 5) is 4.43. The number of hydrogen-bond donors (Lipinski definition) is 0. The molecule has 0 aliphatic heterocycles. The molecule has 0 N–H and O–H groups in total. The lowest BCUT2D eigenvalue weighted by Crippen LogP contribution is -2.02. The van der Waals surface area contributed by atoms with E-state index in [-0.39, 0.29) is 0 Å². The Kier molecular flexibility index (Phi) is 2.73. The lowest BCUT2D eigenvalue weighted by atomic mass is 9.98. The van der Waals surface area contributed by atoms with E-state index in [1.54, 1.807) is 0 Å². The van der Waals surface area contributed by atoms with Crippen LogP contribution in [-0.4, -0.2) is 4.98 Å². The Hall–Kier alpha value is -1.36. The van der Waals surface area contributed by atoms with Crippen molar-refractivity contribution in [3.05, 3.63) is 29.1 Å². The Labute approximate surface area is 91.0 Å². The molecule has 0 atom stereocenters. The number of nitrogens with zero attached hydrogens (tertiary/aromatic N) is 2. The first-order valence-corrected chi connectivity index (χ1v) is 5.60. The molecule has 0 saturated heterocycles. The average Bonchev–Trinajstić information content (AvgIpc) is 3.01. The lowest BCUT2D eigenvalue weighted by Gasteiger charge is -2.11. The van der Waals surface area contributed by atoms with Crippen molar-refractivity contribution >= 4 is 0 Å². The van der Waals surface area contributed by atoms with E-state index in [1.807, 2.05) is 6.07 Å². The van der Waals surface area contributed by atoms with Gasteiger partial charge in [-0.25, -0.2) is 4.98 Å². The SMILES string of the molecule is CC(C)c1ccc(C#N)nc1CC1CC1. The maximum Gasteiger partial charge on any atom is 0.140 e. The Morgan fingerprint density at radius 3 is 2.73 bits per heavy atom. The predicted molar refractivity (Wildman–Crippen MR) is 59.5 cm³/mol. The van der Waals surface area contributed by atoms with Gasteiger partial charge in [0.1, 0.15) is 11.8 Å². The fourth-order valence-corrected chi connectivity index (χ4v) is 1.86. The van der Waals surface area contributed by atoms with E-state index in [1.165, 1.54) is 18.4 Å². The maximum absolute atomic E-state index is 8.83. The van der Waals surface area contributed by atoms with E-state index >= 15 is 0 Å². The average molecular weight is 200 g/mol. The standard InChI is InChI=1S/C13H16N2/c1-9(2)12-6-5-11(8-14)15-13(12)7-10-3-4-10/h5-6,9-10H,3-4,7H2,1-2H3. The summed E-state index contributed by atoms with van der Waals surface area (Å²) in [7, 11) is 0. The van der Waals surface area contributed by atoms with Crippen molar-refractivity contribution in [1.29, 1.82) is 5.26 Å². The van der Waals surface area contributed by atoms with Crippen LogP contribution in [0.25, 0.3) is 0 Å². The smallest absolute Gasteiger partial charge is 0.140 e. The van der Waals surface area contributed by atoms with E-state index in [9.17, 15) is 0 Å². The Balaban J connectivity index is 2.32. The molecule has 1 aromatic heterocycles. The normalized spacial score (nSPS) is 15.3. The van der Waals surface area contributed by atoms with Gasteiger partial charge < -0.3 is 0 Å². The van der Waals surface area contributed by atoms with Crippen LogP contribution in [0.3, 0.4) is 0 Å². The van der Waals surface area contributed by atoms with E-state index in [2.05, 4.69) is 31.0 Å². The molecule has 15 heavy (non-hydrogen) atoms. The minimum Gasteiger partial charge on any atom is -0.242 e. The number of nitriles is 1. The number of rotatable bonds is 3. The van der Waals surface area contributed by atoms with Crippen LogP contribution in [0.2, 0.25) is 0 Å². The van der Waals surface area contributed by atoms with Gasteiger partial charge in [-0.15, -0.1) is 0 Å². The molecule has 1 heterocycles. The fraction of sp³-hybridized carbons (Fsp3) is 0.538. The Morgan fingerprint density at radius 1 is 1.47 bits per heavy atom. The van der Waals surface area contributed by atoms with Crippen molar-refractivity contribution in [3.8, 4) is 6.07 Å². The summed E-state index contributed by atoms with van der Waals surface area (Å²) in [5.74, 6) is 1.32. The van der Waals surface area contributed by atoms with Crippen molar-refractivity contribution in [3.63, 3.8) is 0 Å². The van der Waals surface area contributed by atoms with Crippen molar-refractivity contribution in [2.45, 2.75) is 39.0 Å². The summed E-state index contributed by atoms with van der Waals surface area (Å²) in [5.41, 5.74) is 3.00. The molecule has 1 aliphatic rings. The molecule has 78 valence electrons. The van der Waals surface area contributed by atoms with Crippen LogP contribution in [-0.2, 0) is 6.42 Å². The second kappa shape index (κ2) is 4.02.